The van der Waals surface area contributed by atoms with Crippen LogP contribution >= 0.6 is 0 Å². The largest absolute Gasteiger partial charge is 0.494 e. The smallest absolute Gasteiger partial charge is 0.261 e. The molecule has 3 rings (SSSR count). The summed E-state index contributed by atoms with van der Waals surface area (Å²) < 4.78 is 7.20. The topological polar surface area (TPSA) is 89.4 Å². The van der Waals surface area contributed by atoms with Crippen molar-refractivity contribution < 1.29 is 14.3 Å². The van der Waals surface area contributed by atoms with E-state index < -0.39 is 5.91 Å². The molecule has 2 amide bonds. The van der Waals surface area contributed by atoms with Gasteiger partial charge < -0.3 is 19.9 Å². The number of hydrogen-bond acceptors (Lipinski definition) is 4. The molecule has 0 saturated heterocycles. The molecule has 0 aliphatic carbocycles. The number of amides is 2. The number of benzene rings is 2. The summed E-state index contributed by atoms with van der Waals surface area (Å²) in [4.78, 5) is 36.6. The van der Waals surface area contributed by atoms with Crippen molar-refractivity contribution in [2.45, 2.75) is 13.8 Å². The van der Waals surface area contributed by atoms with Crippen LogP contribution in [0, 0.1) is 0 Å². The number of hydrogen-bond donors (Lipinski definition) is 2. The molecule has 0 fully saturated rings. The van der Waals surface area contributed by atoms with E-state index in [1.165, 1.54) is 13.1 Å². The Hall–Kier alpha value is -3.61. The molecule has 0 saturated carbocycles. The molecule has 3 aromatic rings. The zero-order chi connectivity index (χ0) is 20.3. The number of nitrogens with zero attached hydrogens (tertiary/aromatic N) is 1. The van der Waals surface area contributed by atoms with Crippen LogP contribution in [-0.4, -0.2) is 23.0 Å². The number of ether oxygens (including phenoxy) is 1. The van der Waals surface area contributed by atoms with Gasteiger partial charge in [0.05, 0.1) is 17.5 Å². The fourth-order valence-corrected chi connectivity index (χ4v) is 2.93. The highest BCUT2D eigenvalue weighted by atomic mass is 16.5. The second-order valence-corrected chi connectivity index (χ2v) is 6.31. The highest BCUT2D eigenvalue weighted by molar-refractivity contribution is 6.06. The molecule has 1 heterocycles. The Labute approximate surface area is 161 Å². The predicted molar refractivity (Wildman–Crippen MR) is 109 cm³/mol. The van der Waals surface area contributed by atoms with Crippen LogP contribution in [0.2, 0.25) is 0 Å². The quantitative estimate of drug-likeness (QED) is 0.713. The molecule has 7 nitrogen and oxygen atoms in total. The molecule has 28 heavy (non-hydrogen) atoms. The zero-order valence-corrected chi connectivity index (χ0v) is 15.9. The first kappa shape index (κ1) is 19.2. The normalized spacial score (nSPS) is 10.5. The maximum Gasteiger partial charge on any atom is 0.261 e. The Balaban J connectivity index is 1.91. The van der Waals surface area contributed by atoms with Gasteiger partial charge in [0.25, 0.3) is 5.91 Å². The molecule has 0 aliphatic heterocycles. The van der Waals surface area contributed by atoms with E-state index in [1.54, 1.807) is 54.1 Å². The highest BCUT2D eigenvalue weighted by Crippen LogP contribution is 2.19. The lowest BCUT2D eigenvalue weighted by Gasteiger charge is -2.11. The number of carbonyl (C=O) groups excluding carboxylic acids is 2. The highest BCUT2D eigenvalue weighted by Gasteiger charge is 2.15. The van der Waals surface area contributed by atoms with Crippen LogP contribution < -0.4 is 20.8 Å². The summed E-state index contributed by atoms with van der Waals surface area (Å²) in [5.74, 6) is -0.0994. The molecule has 2 aromatic carbocycles. The molecule has 0 aliphatic rings. The van der Waals surface area contributed by atoms with Gasteiger partial charge in [0.15, 0.2) is 0 Å². The van der Waals surface area contributed by atoms with E-state index in [1.807, 2.05) is 6.92 Å². The number of carbonyl (C=O) groups is 2. The third-order valence-electron chi connectivity index (χ3n) is 4.18. The van der Waals surface area contributed by atoms with Gasteiger partial charge in [-0.05, 0) is 49.4 Å². The van der Waals surface area contributed by atoms with E-state index in [-0.39, 0.29) is 16.9 Å². The number of pyridine rings is 1. The molecule has 0 atom stereocenters. The summed E-state index contributed by atoms with van der Waals surface area (Å²) in [6.07, 6.45) is 1.52. The van der Waals surface area contributed by atoms with Crippen LogP contribution in [0.1, 0.15) is 24.2 Å². The number of nitrogens with one attached hydrogen (secondary N) is 2. The van der Waals surface area contributed by atoms with Crippen LogP contribution in [0.3, 0.4) is 0 Å². The van der Waals surface area contributed by atoms with E-state index in [4.69, 9.17) is 4.74 Å². The lowest BCUT2D eigenvalue weighted by Crippen LogP contribution is -2.23. The van der Waals surface area contributed by atoms with Crippen LogP contribution in [-0.2, 0) is 11.8 Å². The average molecular weight is 379 g/mol. The minimum atomic E-state index is -0.503. The van der Waals surface area contributed by atoms with Gasteiger partial charge in [0.1, 0.15) is 11.3 Å². The van der Waals surface area contributed by atoms with Crippen LogP contribution in [0.5, 0.6) is 5.75 Å². The summed E-state index contributed by atoms with van der Waals surface area (Å²) >= 11 is 0. The van der Waals surface area contributed by atoms with Crippen LogP contribution in [0.25, 0.3) is 10.9 Å². The van der Waals surface area contributed by atoms with Crippen LogP contribution in [0.4, 0.5) is 11.4 Å². The van der Waals surface area contributed by atoms with Gasteiger partial charge in [-0.15, -0.1) is 0 Å². The molecule has 0 spiro atoms. The molecule has 144 valence electrons. The van der Waals surface area contributed by atoms with Gasteiger partial charge in [-0.25, -0.2) is 0 Å². The zero-order valence-electron chi connectivity index (χ0n) is 15.9. The van der Waals surface area contributed by atoms with Gasteiger partial charge in [0, 0.05) is 31.5 Å². The summed E-state index contributed by atoms with van der Waals surface area (Å²) in [6, 6.07) is 11.9. The Bertz CT molecular complexity index is 1100. The SMILES string of the molecule is CCOc1ccc2c(c1)c(=O)c(C(=O)Nc1ccc(NC(C)=O)cc1)cn2C. The maximum absolute atomic E-state index is 12.9. The fraction of sp³-hybridized carbons (Fsp3) is 0.190. The summed E-state index contributed by atoms with van der Waals surface area (Å²) in [7, 11) is 1.78. The molecule has 7 heteroatoms. The lowest BCUT2D eigenvalue weighted by molar-refractivity contribution is -0.114. The van der Waals surface area contributed by atoms with Crippen molar-refractivity contribution in [2.24, 2.45) is 7.05 Å². The molecule has 0 unspecified atom stereocenters. The Kier molecular flexibility index (Phi) is 5.44. The molecular formula is C21H21N3O4. The molecule has 2 N–H and O–H groups in total. The van der Waals surface area contributed by atoms with Crippen molar-refractivity contribution in [1.82, 2.24) is 4.57 Å². The first-order valence-corrected chi connectivity index (χ1v) is 8.84. The van der Waals surface area contributed by atoms with Crippen LogP contribution in [0.15, 0.2) is 53.5 Å². The number of aryl methyl sites for hydroxylation is 1. The Morgan fingerprint density at radius 1 is 1.04 bits per heavy atom. The van der Waals surface area contributed by atoms with E-state index >= 15 is 0 Å². The van der Waals surface area contributed by atoms with Gasteiger partial charge in [-0.1, -0.05) is 0 Å². The number of rotatable bonds is 5. The lowest BCUT2D eigenvalue weighted by atomic mass is 10.1. The van der Waals surface area contributed by atoms with E-state index in [0.717, 1.165) is 0 Å². The van der Waals surface area contributed by atoms with Gasteiger partial charge in [0.2, 0.25) is 11.3 Å². The Morgan fingerprint density at radius 2 is 1.68 bits per heavy atom. The van der Waals surface area contributed by atoms with Crippen molar-refractivity contribution in [3.05, 3.63) is 64.4 Å². The second kappa shape index (κ2) is 7.96. The van der Waals surface area contributed by atoms with E-state index in [9.17, 15) is 14.4 Å². The number of anilines is 2. The van der Waals surface area contributed by atoms with Crippen molar-refractivity contribution in [3.8, 4) is 5.75 Å². The van der Waals surface area contributed by atoms with Crippen molar-refractivity contribution in [1.29, 1.82) is 0 Å². The van der Waals surface area contributed by atoms with Gasteiger partial charge >= 0.3 is 0 Å². The number of fused-ring (bicyclic) bond motifs is 1. The first-order chi connectivity index (χ1) is 13.4. The van der Waals surface area contributed by atoms with Gasteiger partial charge in [-0.2, -0.15) is 0 Å². The van der Waals surface area contributed by atoms with Gasteiger partial charge in [-0.3, -0.25) is 14.4 Å². The number of aromatic nitrogens is 1. The minimum Gasteiger partial charge on any atom is -0.494 e. The monoisotopic (exact) mass is 379 g/mol. The summed E-state index contributed by atoms with van der Waals surface area (Å²) in [5, 5.41) is 5.79. The van der Waals surface area contributed by atoms with E-state index in [0.29, 0.717) is 34.6 Å². The molecule has 1 aromatic heterocycles. The van der Waals surface area contributed by atoms with E-state index in [2.05, 4.69) is 10.6 Å². The first-order valence-electron chi connectivity index (χ1n) is 8.84. The standard InChI is InChI=1S/C21H21N3O4/c1-4-28-16-9-10-19-17(11-16)20(26)18(12-24(19)3)21(27)23-15-7-5-14(6-8-15)22-13(2)25/h5-12H,4H2,1-3H3,(H,22,25)(H,23,27). The fourth-order valence-electron chi connectivity index (χ4n) is 2.93. The molecule has 0 bridgehead atoms. The van der Waals surface area contributed by atoms with Crippen molar-refractivity contribution >= 4 is 34.1 Å². The van der Waals surface area contributed by atoms with Crippen molar-refractivity contribution in [3.63, 3.8) is 0 Å². The third kappa shape index (κ3) is 4.03. The maximum atomic E-state index is 12.9. The average Bonchev–Trinajstić information content (AvgIpc) is 2.66. The third-order valence-corrected chi connectivity index (χ3v) is 4.18. The van der Waals surface area contributed by atoms with Crippen molar-refractivity contribution in [2.75, 3.05) is 17.2 Å². The Morgan fingerprint density at radius 3 is 2.29 bits per heavy atom. The predicted octanol–water partition coefficient (Wildman–Crippen LogP) is 3.15. The summed E-state index contributed by atoms with van der Waals surface area (Å²) in [5.41, 5.74) is 1.53. The minimum absolute atomic E-state index is 0.0367. The second-order valence-electron chi connectivity index (χ2n) is 6.31. The molecule has 0 radical (unpaired) electrons. The summed E-state index contributed by atoms with van der Waals surface area (Å²) in [6.45, 7) is 3.77. The molecular weight excluding hydrogens is 358 g/mol.